The molecule has 9 rings (SSSR count). The van der Waals surface area contributed by atoms with E-state index in [0.29, 0.717) is 28.4 Å². The number of benzene rings is 7. The lowest BCUT2D eigenvalue weighted by Crippen LogP contribution is -2.00. The smallest absolute Gasteiger partial charge is 0.164 e. The Labute approximate surface area is 266 Å². The minimum absolute atomic E-state index is 0.0109. The van der Waals surface area contributed by atoms with E-state index in [1.54, 1.807) is 0 Å². The van der Waals surface area contributed by atoms with Crippen LogP contribution in [0, 0.1) is 0 Å². The summed E-state index contributed by atoms with van der Waals surface area (Å²) in [6.45, 7) is 0. The van der Waals surface area contributed by atoms with Crippen LogP contribution in [0.5, 0.6) is 0 Å². The first-order valence-corrected chi connectivity index (χ1v) is 14.6. The first-order valence-electron chi connectivity index (χ1n) is 17.1. The van der Waals surface area contributed by atoms with Crippen LogP contribution in [-0.2, 0) is 0 Å². The maximum atomic E-state index is 8.67. The lowest BCUT2D eigenvalue weighted by molar-refractivity contribution is 0.669. The number of fused-ring (bicyclic) bond motifs is 5. The Kier molecular flexibility index (Phi) is 4.72. The summed E-state index contributed by atoms with van der Waals surface area (Å²) in [7, 11) is 0. The van der Waals surface area contributed by atoms with Crippen molar-refractivity contribution in [3.05, 3.63) is 152 Å². The van der Waals surface area contributed by atoms with Gasteiger partial charge in [-0.15, -0.1) is 0 Å². The second-order valence-corrected chi connectivity index (χ2v) is 10.9. The highest BCUT2D eigenvalue weighted by molar-refractivity contribution is 6.10. The predicted octanol–water partition coefficient (Wildman–Crippen LogP) is 10.7. The molecule has 45 heavy (non-hydrogen) atoms. The van der Waals surface area contributed by atoms with E-state index in [-0.39, 0.29) is 23.5 Å². The molecule has 4 heteroatoms. The zero-order valence-electron chi connectivity index (χ0n) is 28.8. The van der Waals surface area contributed by atoms with Gasteiger partial charge in [0.15, 0.2) is 17.5 Å². The quantitative estimate of drug-likeness (QED) is 0.208. The van der Waals surface area contributed by atoms with Crippen LogP contribution in [0.25, 0.3) is 88.8 Å². The highest BCUT2D eigenvalue weighted by atomic mass is 16.3. The van der Waals surface area contributed by atoms with Crippen molar-refractivity contribution in [3.8, 4) is 45.3 Å². The molecule has 0 amide bonds. The molecule has 9 aromatic rings. The van der Waals surface area contributed by atoms with Crippen LogP contribution < -0.4 is 0 Å². The molecule has 210 valence electrons. The van der Waals surface area contributed by atoms with Crippen molar-refractivity contribution in [3.63, 3.8) is 0 Å². The third kappa shape index (κ3) is 4.43. The highest BCUT2D eigenvalue weighted by Gasteiger charge is 2.15. The number of hydrogen-bond acceptors (Lipinski definition) is 4. The molecular formula is C41H25N3O. The summed E-state index contributed by atoms with van der Waals surface area (Å²) in [5.41, 5.74) is 4.86. The summed E-state index contributed by atoms with van der Waals surface area (Å²) in [5.74, 6) is 0.597. The van der Waals surface area contributed by atoms with Crippen LogP contribution in [0.2, 0.25) is 0 Å². The first-order chi connectivity index (χ1) is 24.3. The molecule has 0 radical (unpaired) electrons. The van der Waals surface area contributed by atoms with Gasteiger partial charge in [0.1, 0.15) is 11.2 Å². The van der Waals surface area contributed by atoms with E-state index in [2.05, 4.69) is 42.5 Å². The molecule has 0 aliphatic rings. The van der Waals surface area contributed by atoms with E-state index in [0.717, 1.165) is 49.0 Å². The first kappa shape index (κ1) is 20.7. The summed E-state index contributed by atoms with van der Waals surface area (Å²) >= 11 is 0. The van der Waals surface area contributed by atoms with Crippen LogP contribution in [0.4, 0.5) is 0 Å². The van der Waals surface area contributed by atoms with Crippen LogP contribution in [0.1, 0.15) is 6.85 Å². The van der Waals surface area contributed by atoms with Gasteiger partial charge in [-0.25, -0.2) is 15.0 Å². The summed E-state index contributed by atoms with van der Waals surface area (Å²) in [4.78, 5) is 14.3. The summed E-state index contributed by atoms with van der Waals surface area (Å²) in [5, 5.41) is 6.29. The fourth-order valence-electron chi connectivity index (χ4n) is 5.99. The van der Waals surface area contributed by atoms with E-state index in [1.165, 1.54) is 0 Å². The third-order valence-corrected chi connectivity index (χ3v) is 8.20. The average molecular weight is 581 g/mol. The van der Waals surface area contributed by atoms with Gasteiger partial charge in [-0.1, -0.05) is 121 Å². The lowest BCUT2D eigenvalue weighted by atomic mass is 9.97. The molecule has 7 aromatic carbocycles. The van der Waals surface area contributed by atoms with Gasteiger partial charge in [0.2, 0.25) is 0 Å². The van der Waals surface area contributed by atoms with Crippen molar-refractivity contribution < 1.29 is 11.3 Å². The third-order valence-electron chi connectivity index (χ3n) is 8.20. The Morgan fingerprint density at radius 2 is 1.02 bits per heavy atom. The Hall–Kier alpha value is -6.13. The second-order valence-electron chi connectivity index (χ2n) is 10.9. The van der Waals surface area contributed by atoms with Gasteiger partial charge in [0, 0.05) is 27.5 Å². The summed E-state index contributed by atoms with van der Waals surface area (Å²) in [6, 6.07) is 38.1. The second kappa shape index (κ2) is 10.2. The lowest BCUT2D eigenvalue weighted by Gasteiger charge is -2.10. The predicted molar refractivity (Wildman–Crippen MR) is 184 cm³/mol. The fourth-order valence-corrected chi connectivity index (χ4v) is 5.99. The molecule has 0 saturated carbocycles. The van der Waals surface area contributed by atoms with Crippen molar-refractivity contribution in [1.82, 2.24) is 15.0 Å². The Balaban J connectivity index is 1.23. The maximum Gasteiger partial charge on any atom is 0.164 e. The van der Waals surface area contributed by atoms with Gasteiger partial charge in [-0.05, 0) is 63.0 Å². The van der Waals surface area contributed by atoms with E-state index in [9.17, 15) is 0 Å². The van der Waals surface area contributed by atoms with Gasteiger partial charge < -0.3 is 4.42 Å². The zero-order valence-corrected chi connectivity index (χ0v) is 23.8. The molecule has 0 N–H and O–H groups in total. The molecular weight excluding hydrogens is 550 g/mol. The van der Waals surface area contributed by atoms with E-state index >= 15 is 0 Å². The van der Waals surface area contributed by atoms with Gasteiger partial charge >= 0.3 is 0 Å². The molecule has 4 nitrogen and oxygen atoms in total. The minimum atomic E-state index is -0.480. The Morgan fingerprint density at radius 1 is 0.422 bits per heavy atom. The molecule has 0 saturated heterocycles. The van der Waals surface area contributed by atoms with Crippen molar-refractivity contribution in [2.45, 2.75) is 0 Å². The molecule has 2 heterocycles. The number of hydrogen-bond donors (Lipinski definition) is 0. The molecule has 0 fully saturated rings. The molecule has 0 atom stereocenters. The van der Waals surface area contributed by atoms with Gasteiger partial charge in [0.25, 0.3) is 0 Å². The molecule has 0 aliphatic heterocycles. The molecule has 2 aromatic heterocycles. The molecule has 0 unspecified atom stereocenters. The van der Waals surface area contributed by atoms with E-state index < -0.39 is 18.1 Å². The topological polar surface area (TPSA) is 51.8 Å². The number of aromatic nitrogens is 3. The normalized spacial score (nSPS) is 13.1. The van der Waals surface area contributed by atoms with Crippen LogP contribution in [0.3, 0.4) is 0 Å². The minimum Gasteiger partial charge on any atom is -0.456 e. The summed E-state index contributed by atoms with van der Waals surface area (Å²) in [6.07, 6.45) is 0. The van der Waals surface area contributed by atoms with Crippen LogP contribution in [-0.4, -0.2) is 15.0 Å². The van der Waals surface area contributed by atoms with Crippen LogP contribution >= 0.6 is 0 Å². The van der Waals surface area contributed by atoms with Gasteiger partial charge in [0.05, 0.1) is 6.85 Å². The van der Waals surface area contributed by atoms with Crippen LogP contribution in [0.15, 0.2) is 156 Å². The molecule has 0 aliphatic carbocycles. The molecule has 0 spiro atoms. The van der Waals surface area contributed by atoms with Gasteiger partial charge in [-0.3, -0.25) is 0 Å². The van der Waals surface area contributed by atoms with E-state index in [4.69, 9.17) is 26.2 Å². The maximum absolute atomic E-state index is 8.67. The Bertz CT molecular complexity index is 2800. The standard InChI is InChI=1S/C41H25N3O/c1-2-10-28(11-3-1)39-42-40(29-19-17-27(18-20-29)34-16-8-14-26-9-6-7-15-33(26)34)44-41(43-39)32-21-22-37-35(24-32)36-23-30-12-4-5-13-31(30)25-38(36)45-37/h1-25H/i1D,2D,3D,10D,11D. The summed E-state index contributed by atoms with van der Waals surface area (Å²) < 4.78 is 48.3. The average Bonchev–Trinajstić information content (AvgIpc) is 3.51. The zero-order chi connectivity index (χ0) is 34.1. The van der Waals surface area contributed by atoms with Crippen molar-refractivity contribution in [2.24, 2.45) is 0 Å². The van der Waals surface area contributed by atoms with Crippen molar-refractivity contribution in [1.29, 1.82) is 0 Å². The number of rotatable bonds is 4. The van der Waals surface area contributed by atoms with Gasteiger partial charge in [-0.2, -0.15) is 0 Å². The largest absolute Gasteiger partial charge is 0.456 e. The number of nitrogens with zero attached hydrogens (tertiary/aromatic N) is 3. The highest BCUT2D eigenvalue weighted by Crippen LogP contribution is 2.35. The SMILES string of the molecule is [2H]c1c([2H])c([2H])c(-c2nc(-c3ccc(-c4cccc5ccccc45)cc3)nc(-c3ccc4oc5cc6ccccc6cc5c4c3)n2)c([2H])c1[2H]. The fraction of sp³-hybridized carbons (Fsp3) is 0. The van der Waals surface area contributed by atoms with E-state index in [1.807, 2.05) is 78.9 Å². The Morgan fingerprint density at radius 3 is 1.82 bits per heavy atom. The monoisotopic (exact) mass is 580 g/mol. The van der Waals surface area contributed by atoms with Crippen molar-refractivity contribution in [2.75, 3.05) is 0 Å². The molecule has 0 bridgehead atoms. The van der Waals surface area contributed by atoms with Crippen molar-refractivity contribution >= 4 is 43.5 Å². The number of furan rings is 1.